The van der Waals surface area contributed by atoms with Crippen LogP contribution in [-0.2, 0) is 16.0 Å². The highest BCUT2D eigenvalue weighted by molar-refractivity contribution is 5.88. The Labute approximate surface area is 261 Å². The van der Waals surface area contributed by atoms with Gasteiger partial charge in [0.15, 0.2) is 5.65 Å². The second-order valence-corrected chi connectivity index (χ2v) is 14.6. The van der Waals surface area contributed by atoms with Crippen LogP contribution in [0.5, 0.6) is 0 Å². The standard InChI is InChI=1S/C33H49N7O4/c1-21(2)25-18-35-40-27(38(29(41)43-31(3,4)5)19-22-12-11-13-23(34)16-22)17-26(37-28(25)40)36-24-14-15-33(9,10)39(20-24)30(42)44-32(6,7)8/h11-13,16-18,21,24H,14-15,19-20,34H2,1-10H3,(H,36,37)/t24-/m1/s1. The van der Waals surface area contributed by atoms with Gasteiger partial charge in [0, 0.05) is 35.4 Å². The Morgan fingerprint density at radius 3 is 2.41 bits per heavy atom. The predicted molar refractivity (Wildman–Crippen MR) is 174 cm³/mol. The minimum Gasteiger partial charge on any atom is -0.444 e. The fourth-order valence-corrected chi connectivity index (χ4v) is 5.25. The van der Waals surface area contributed by atoms with Crippen molar-refractivity contribution in [3.8, 4) is 0 Å². The van der Waals surface area contributed by atoms with Crippen molar-refractivity contribution >= 4 is 35.2 Å². The molecule has 1 saturated heterocycles. The van der Waals surface area contributed by atoms with Gasteiger partial charge in [-0.05, 0) is 91.8 Å². The maximum atomic E-state index is 13.8. The third-order valence-corrected chi connectivity index (χ3v) is 7.49. The van der Waals surface area contributed by atoms with Crippen LogP contribution in [0.1, 0.15) is 99.1 Å². The number of rotatable bonds is 6. The Hall–Kier alpha value is -4.02. The molecule has 1 atom stereocenters. The van der Waals surface area contributed by atoms with Gasteiger partial charge in [0.05, 0.1) is 12.7 Å². The van der Waals surface area contributed by atoms with Crippen molar-refractivity contribution in [3.63, 3.8) is 0 Å². The number of hydrogen-bond acceptors (Lipinski definition) is 8. The smallest absolute Gasteiger partial charge is 0.416 e. The Morgan fingerprint density at radius 1 is 1.11 bits per heavy atom. The van der Waals surface area contributed by atoms with Crippen molar-refractivity contribution in [2.75, 3.05) is 22.5 Å². The Morgan fingerprint density at radius 2 is 1.80 bits per heavy atom. The number of likely N-dealkylation sites (tertiary alicyclic amines) is 1. The fraction of sp³-hybridized carbons (Fsp3) is 0.576. The normalized spacial score (nSPS) is 17.1. The number of aromatic nitrogens is 3. The van der Waals surface area contributed by atoms with E-state index in [0.717, 1.165) is 24.0 Å². The number of nitrogens with two attached hydrogens (primary N) is 1. The molecule has 1 fully saturated rings. The quantitative estimate of drug-likeness (QED) is 0.288. The SMILES string of the molecule is CC(C)c1cnn2c(N(Cc3cccc(N)c3)C(=O)OC(C)(C)C)cc(N[C@@H]3CCC(C)(C)N(C(=O)OC(C)(C)C)C3)nc12. The molecule has 3 N–H and O–H groups in total. The lowest BCUT2D eigenvalue weighted by molar-refractivity contribution is -0.00828. The summed E-state index contributed by atoms with van der Waals surface area (Å²) in [4.78, 5) is 35.3. The van der Waals surface area contributed by atoms with Crippen molar-refractivity contribution in [1.29, 1.82) is 0 Å². The van der Waals surface area contributed by atoms with E-state index in [1.807, 2.05) is 71.9 Å². The number of anilines is 3. The molecule has 0 spiro atoms. The van der Waals surface area contributed by atoms with E-state index in [1.165, 1.54) is 0 Å². The number of benzene rings is 1. The van der Waals surface area contributed by atoms with E-state index in [1.54, 1.807) is 20.5 Å². The second kappa shape index (κ2) is 12.2. The van der Waals surface area contributed by atoms with Gasteiger partial charge in [-0.2, -0.15) is 9.61 Å². The van der Waals surface area contributed by atoms with Crippen LogP contribution < -0.4 is 16.0 Å². The van der Waals surface area contributed by atoms with Crippen molar-refractivity contribution in [3.05, 3.63) is 47.7 Å². The minimum atomic E-state index is -0.717. The molecule has 0 unspecified atom stereocenters. The molecular formula is C33H49N7O4. The molecule has 240 valence electrons. The lowest BCUT2D eigenvalue weighted by Crippen LogP contribution is -2.57. The molecule has 1 aromatic carbocycles. The van der Waals surface area contributed by atoms with Gasteiger partial charge in [0.25, 0.3) is 0 Å². The van der Waals surface area contributed by atoms with Crippen LogP contribution in [0.25, 0.3) is 5.65 Å². The molecule has 0 aliphatic carbocycles. The molecule has 0 saturated carbocycles. The van der Waals surface area contributed by atoms with Crippen LogP contribution in [0.15, 0.2) is 36.5 Å². The zero-order valence-corrected chi connectivity index (χ0v) is 27.9. The summed E-state index contributed by atoms with van der Waals surface area (Å²) in [6.45, 7) is 20.1. The maximum Gasteiger partial charge on any atom is 0.416 e. The van der Waals surface area contributed by atoms with E-state index in [0.29, 0.717) is 29.5 Å². The molecule has 2 amide bonds. The number of piperidine rings is 1. The first-order valence-corrected chi connectivity index (χ1v) is 15.3. The highest BCUT2D eigenvalue weighted by Gasteiger charge is 2.40. The van der Waals surface area contributed by atoms with Gasteiger partial charge in [-0.3, -0.25) is 4.90 Å². The van der Waals surface area contributed by atoms with Gasteiger partial charge in [-0.25, -0.2) is 14.6 Å². The van der Waals surface area contributed by atoms with Crippen molar-refractivity contribution in [2.24, 2.45) is 0 Å². The summed E-state index contributed by atoms with van der Waals surface area (Å²) < 4.78 is 13.3. The van der Waals surface area contributed by atoms with Gasteiger partial charge in [-0.15, -0.1) is 0 Å². The number of hydrogen-bond donors (Lipinski definition) is 2. The number of fused-ring (bicyclic) bond motifs is 1. The first-order valence-electron chi connectivity index (χ1n) is 15.3. The molecule has 4 rings (SSSR count). The van der Waals surface area contributed by atoms with Gasteiger partial charge in [0.2, 0.25) is 0 Å². The molecule has 11 nitrogen and oxygen atoms in total. The number of nitrogens with one attached hydrogen (secondary N) is 1. The third-order valence-electron chi connectivity index (χ3n) is 7.49. The van der Waals surface area contributed by atoms with Crippen molar-refractivity contribution < 1.29 is 19.1 Å². The van der Waals surface area contributed by atoms with Crippen molar-refractivity contribution in [2.45, 2.75) is 117 Å². The molecular weight excluding hydrogens is 558 g/mol. The second-order valence-electron chi connectivity index (χ2n) is 14.6. The van der Waals surface area contributed by atoms with Crippen LogP contribution in [0.3, 0.4) is 0 Å². The molecule has 0 radical (unpaired) electrons. The highest BCUT2D eigenvalue weighted by Crippen LogP contribution is 2.33. The molecule has 1 aliphatic heterocycles. The lowest BCUT2D eigenvalue weighted by atomic mass is 9.88. The third kappa shape index (κ3) is 7.92. The van der Waals surface area contributed by atoms with Crippen LogP contribution in [0.4, 0.5) is 26.9 Å². The summed E-state index contributed by atoms with van der Waals surface area (Å²) in [5.74, 6) is 1.22. The molecule has 44 heavy (non-hydrogen) atoms. The van der Waals surface area contributed by atoms with E-state index in [9.17, 15) is 9.59 Å². The van der Waals surface area contributed by atoms with Gasteiger partial charge in [-0.1, -0.05) is 26.0 Å². The van der Waals surface area contributed by atoms with Gasteiger partial charge < -0.3 is 25.4 Å². The van der Waals surface area contributed by atoms with E-state index in [-0.39, 0.29) is 30.1 Å². The maximum absolute atomic E-state index is 13.8. The Bertz CT molecular complexity index is 1500. The Kier molecular flexibility index (Phi) is 9.09. The summed E-state index contributed by atoms with van der Waals surface area (Å²) >= 11 is 0. The van der Waals surface area contributed by atoms with Gasteiger partial charge in [0.1, 0.15) is 22.8 Å². The largest absolute Gasteiger partial charge is 0.444 e. The molecule has 3 aromatic rings. The Balaban J connectivity index is 1.76. The molecule has 3 heterocycles. The lowest BCUT2D eigenvalue weighted by Gasteiger charge is -2.45. The zero-order valence-electron chi connectivity index (χ0n) is 27.9. The topological polar surface area (TPSA) is 127 Å². The van der Waals surface area contributed by atoms with E-state index in [4.69, 9.17) is 20.2 Å². The number of amides is 2. The number of nitrogen functional groups attached to an aromatic ring is 1. The number of carbonyl (C=O) groups excluding carboxylic acids is 2. The summed E-state index contributed by atoms with van der Waals surface area (Å²) in [6.07, 6.45) is 2.54. The molecule has 0 bridgehead atoms. The average Bonchev–Trinajstić information content (AvgIpc) is 3.30. The molecule has 11 heteroatoms. The fourth-order valence-electron chi connectivity index (χ4n) is 5.25. The van der Waals surface area contributed by atoms with E-state index >= 15 is 0 Å². The first kappa shape index (κ1) is 32.9. The monoisotopic (exact) mass is 607 g/mol. The number of nitrogens with zero attached hydrogens (tertiary/aromatic N) is 5. The highest BCUT2D eigenvalue weighted by atomic mass is 16.6. The summed E-state index contributed by atoms with van der Waals surface area (Å²) in [6, 6.07) is 9.15. The van der Waals surface area contributed by atoms with Crippen molar-refractivity contribution in [1.82, 2.24) is 19.5 Å². The average molecular weight is 608 g/mol. The van der Waals surface area contributed by atoms with E-state index in [2.05, 4.69) is 38.1 Å². The minimum absolute atomic E-state index is 0.0901. The van der Waals surface area contributed by atoms with Gasteiger partial charge >= 0.3 is 12.2 Å². The molecule has 1 aliphatic rings. The predicted octanol–water partition coefficient (Wildman–Crippen LogP) is 6.97. The van der Waals surface area contributed by atoms with Crippen LogP contribution in [0, 0.1) is 0 Å². The number of ether oxygens (including phenoxy) is 2. The van der Waals surface area contributed by atoms with Crippen LogP contribution >= 0.6 is 0 Å². The summed E-state index contributed by atoms with van der Waals surface area (Å²) in [5, 5.41) is 8.23. The van der Waals surface area contributed by atoms with Crippen LogP contribution in [0.2, 0.25) is 0 Å². The summed E-state index contributed by atoms with van der Waals surface area (Å²) in [5.41, 5.74) is 7.44. The first-order chi connectivity index (χ1) is 20.3. The zero-order chi connectivity index (χ0) is 32.6. The van der Waals surface area contributed by atoms with E-state index < -0.39 is 17.3 Å². The van der Waals surface area contributed by atoms with Crippen LogP contribution in [-0.4, -0.2) is 61.0 Å². The summed E-state index contributed by atoms with van der Waals surface area (Å²) in [7, 11) is 0. The number of carbonyl (C=O) groups is 2. The molecule has 2 aromatic heterocycles.